The molecule has 20 heavy (non-hydrogen) atoms. The van der Waals surface area contributed by atoms with E-state index in [0.717, 1.165) is 24.8 Å². The molecule has 3 N–H and O–H groups in total. The molecule has 0 unspecified atom stereocenters. The van der Waals surface area contributed by atoms with Gasteiger partial charge in [0.05, 0.1) is 6.61 Å². The lowest BCUT2D eigenvalue weighted by Crippen LogP contribution is -2.06. The van der Waals surface area contributed by atoms with Gasteiger partial charge in [0.15, 0.2) is 17.2 Å². The average Bonchev–Trinajstić information content (AvgIpc) is 2.39. The van der Waals surface area contributed by atoms with E-state index < -0.39 is 5.75 Å². The molecule has 0 radical (unpaired) electrons. The Morgan fingerprint density at radius 3 is 2.30 bits per heavy atom. The number of benzene rings is 1. The number of aromatic hydroxyl groups is 3. The molecule has 5 heteroatoms. The molecule has 0 heterocycles. The van der Waals surface area contributed by atoms with Crippen LogP contribution in [-0.4, -0.2) is 27.9 Å². The van der Waals surface area contributed by atoms with Gasteiger partial charge in [-0.05, 0) is 50.3 Å². The molecule has 5 nitrogen and oxygen atoms in total. The summed E-state index contributed by atoms with van der Waals surface area (Å²) < 4.78 is 4.96. The number of rotatable bonds is 7. The van der Waals surface area contributed by atoms with Gasteiger partial charge in [-0.1, -0.05) is 6.58 Å². The monoisotopic (exact) mass is 280 g/mol. The number of hydrogen-bond acceptors (Lipinski definition) is 5. The van der Waals surface area contributed by atoms with Gasteiger partial charge in [-0.2, -0.15) is 0 Å². The summed E-state index contributed by atoms with van der Waals surface area (Å²) in [6.07, 6.45) is 3.09. The zero-order valence-electron chi connectivity index (χ0n) is 11.6. The van der Waals surface area contributed by atoms with Crippen molar-refractivity contribution in [3.63, 3.8) is 0 Å². The Hall–Kier alpha value is -2.17. The Morgan fingerprint density at radius 1 is 1.15 bits per heavy atom. The lowest BCUT2D eigenvalue weighted by atomic mass is 10.1. The lowest BCUT2D eigenvalue weighted by molar-refractivity contribution is -0.139. The summed E-state index contributed by atoms with van der Waals surface area (Å²) >= 11 is 0. The third-order valence-electron chi connectivity index (χ3n) is 2.82. The maximum absolute atomic E-state index is 11.1. The van der Waals surface area contributed by atoms with E-state index in [2.05, 4.69) is 6.58 Å². The Bertz CT molecular complexity index is 470. The zero-order chi connectivity index (χ0) is 15.1. The second-order valence-electron chi connectivity index (χ2n) is 4.71. The molecule has 110 valence electrons. The standard InChI is InChI=1S/C15H20O5/c1-10(2)15(19)20-7-5-3-4-6-11-8-12(16)14(18)13(17)9-11/h8-9,16-18H,1,3-7H2,2H3. The van der Waals surface area contributed by atoms with Crippen molar-refractivity contribution >= 4 is 5.97 Å². The molecule has 0 spiro atoms. The maximum Gasteiger partial charge on any atom is 0.333 e. The quantitative estimate of drug-likeness (QED) is 0.309. The molecule has 0 aliphatic rings. The van der Waals surface area contributed by atoms with Crippen LogP contribution in [0.25, 0.3) is 0 Å². The average molecular weight is 280 g/mol. The topological polar surface area (TPSA) is 87.0 Å². The van der Waals surface area contributed by atoms with Gasteiger partial charge in [0.1, 0.15) is 0 Å². The number of phenols is 3. The molecule has 1 aromatic rings. The van der Waals surface area contributed by atoms with Gasteiger partial charge < -0.3 is 20.1 Å². The Labute approximate surface area is 118 Å². The first-order valence-corrected chi connectivity index (χ1v) is 6.48. The van der Waals surface area contributed by atoms with Crippen molar-refractivity contribution < 1.29 is 24.9 Å². The SMILES string of the molecule is C=C(C)C(=O)OCCCCCc1cc(O)c(O)c(O)c1. The smallest absolute Gasteiger partial charge is 0.333 e. The summed E-state index contributed by atoms with van der Waals surface area (Å²) in [7, 11) is 0. The molecule has 0 fully saturated rings. The van der Waals surface area contributed by atoms with Crippen molar-refractivity contribution in [3.8, 4) is 17.2 Å². The predicted molar refractivity (Wildman–Crippen MR) is 74.8 cm³/mol. The summed E-state index contributed by atoms with van der Waals surface area (Å²) in [6, 6.07) is 2.85. The Balaban J connectivity index is 2.25. The first kappa shape index (κ1) is 15.9. The number of aryl methyl sites for hydroxylation is 1. The normalized spacial score (nSPS) is 10.2. The number of hydrogen-bond donors (Lipinski definition) is 3. The molecule has 0 saturated carbocycles. The van der Waals surface area contributed by atoms with E-state index in [1.165, 1.54) is 12.1 Å². The summed E-state index contributed by atoms with van der Waals surface area (Å²) in [6.45, 7) is 5.45. The van der Waals surface area contributed by atoms with Gasteiger partial charge >= 0.3 is 5.97 Å². The second kappa shape index (κ2) is 7.43. The number of unbranched alkanes of at least 4 members (excludes halogenated alkanes) is 2. The van der Waals surface area contributed by atoms with Crippen LogP contribution < -0.4 is 0 Å². The zero-order valence-corrected chi connectivity index (χ0v) is 11.6. The third-order valence-corrected chi connectivity index (χ3v) is 2.82. The fourth-order valence-electron chi connectivity index (χ4n) is 1.70. The fourth-order valence-corrected chi connectivity index (χ4v) is 1.70. The van der Waals surface area contributed by atoms with Crippen LogP contribution >= 0.6 is 0 Å². The number of phenolic OH excluding ortho intramolecular Hbond substituents is 3. The van der Waals surface area contributed by atoms with Crippen molar-refractivity contribution in [2.75, 3.05) is 6.61 Å². The van der Waals surface area contributed by atoms with Crippen LogP contribution in [-0.2, 0) is 16.0 Å². The van der Waals surface area contributed by atoms with Crippen LogP contribution in [0.15, 0.2) is 24.3 Å². The molecule has 1 aromatic carbocycles. The molecule has 0 aliphatic carbocycles. The van der Waals surface area contributed by atoms with E-state index >= 15 is 0 Å². The van der Waals surface area contributed by atoms with Gasteiger partial charge in [0.25, 0.3) is 0 Å². The van der Waals surface area contributed by atoms with Crippen LogP contribution in [0.5, 0.6) is 17.2 Å². The highest BCUT2D eigenvalue weighted by Gasteiger charge is 2.08. The summed E-state index contributed by atoms with van der Waals surface area (Å²) in [4.78, 5) is 11.1. The molecular weight excluding hydrogens is 260 g/mol. The van der Waals surface area contributed by atoms with Crippen LogP contribution in [0, 0.1) is 0 Å². The summed E-state index contributed by atoms with van der Waals surface area (Å²) in [5, 5.41) is 27.9. The first-order valence-electron chi connectivity index (χ1n) is 6.48. The predicted octanol–water partition coefficient (Wildman–Crippen LogP) is 2.64. The van der Waals surface area contributed by atoms with Gasteiger partial charge in [-0.15, -0.1) is 0 Å². The van der Waals surface area contributed by atoms with Crippen molar-refractivity contribution in [1.29, 1.82) is 0 Å². The van der Waals surface area contributed by atoms with E-state index in [-0.39, 0.29) is 17.5 Å². The molecule has 0 amide bonds. The summed E-state index contributed by atoms with van der Waals surface area (Å²) in [5.41, 5.74) is 1.14. The number of ether oxygens (including phenoxy) is 1. The van der Waals surface area contributed by atoms with Crippen LogP contribution in [0.2, 0.25) is 0 Å². The van der Waals surface area contributed by atoms with E-state index in [0.29, 0.717) is 18.6 Å². The molecule has 0 aliphatic heterocycles. The van der Waals surface area contributed by atoms with Crippen LogP contribution in [0.1, 0.15) is 31.7 Å². The highest BCUT2D eigenvalue weighted by Crippen LogP contribution is 2.35. The first-order chi connectivity index (χ1) is 9.41. The Morgan fingerprint density at radius 2 is 1.75 bits per heavy atom. The number of carbonyl (C=O) groups is 1. The molecule has 0 saturated heterocycles. The van der Waals surface area contributed by atoms with Crippen molar-refractivity contribution in [2.24, 2.45) is 0 Å². The van der Waals surface area contributed by atoms with Gasteiger partial charge in [0, 0.05) is 5.57 Å². The van der Waals surface area contributed by atoms with Crippen LogP contribution in [0.4, 0.5) is 0 Å². The largest absolute Gasteiger partial charge is 0.504 e. The van der Waals surface area contributed by atoms with E-state index in [1.54, 1.807) is 6.92 Å². The van der Waals surface area contributed by atoms with E-state index in [9.17, 15) is 20.1 Å². The van der Waals surface area contributed by atoms with E-state index in [4.69, 9.17) is 4.74 Å². The molecule has 0 atom stereocenters. The summed E-state index contributed by atoms with van der Waals surface area (Å²) in [5.74, 6) is -1.52. The molecule has 0 bridgehead atoms. The van der Waals surface area contributed by atoms with Crippen LogP contribution in [0.3, 0.4) is 0 Å². The molecular formula is C15H20O5. The minimum absolute atomic E-state index is 0.324. The van der Waals surface area contributed by atoms with Gasteiger partial charge in [-0.25, -0.2) is 4.79 Å². The molecule has 1 rings (SSSR count). The lowest BCUT2D eigenvalue weighted by Gasteiger charge is -2.06. The van der Waals surface area contributed by atoms with Crippen molar-refractivity contribution in [3.05, 3.63) is 29.8 Å². The van der Waals surface area contributed by atoms with Crippen molar-refractivity contribution in [1.82, 2.24) is 0 Å². The minimum Gasteiger partial charge on any atom is -0.504 e. The highest BCUT2D eigenvalue weighted by molar-refractivity contribution is 5.86. The van der Waals surface area contributed by atoms with Crippen molar-refractivity contribution in [2.45, 2.75) is 32.6 Å². The van der Waals surface area contributed by atoms with E-state index in [1.807, 2.05) is 0 Å². The number of esters is 1. The Kier molecular flexibility index (Phi) is 5.90. The van der Waals surface area contributed by atoms with Gasteiger partial charge in [0.2, 0.25) is 0 Å². The molecule has 0 aromatic heterocycles. The third kappa shape index (κ3) is 4.84. The van der Waals surface area contributed by atoms with Gasteiger partial charge in [-0.3, -0.25) is 0 Å². The fraction of sp³-hybridized carbons (Fsp3) is 0.400. The maximum atomic E-state index is 11.1. The second-order valence-corrected chi connectivity index (χ2v) is 4.71. The minimum atomic E-state index is -0.500. The highest BCUT2D eigenvalue weighted by atomic mass is 16.5. The number of carbonyl (C=O) groups excluding carboxylic acids is 1.